The molecule has 1 amide bonds. The fraction of sp³-hybridized carbons (Fsp3) is 0.231. The predicted octanol–water partition coefficient (Wildman–Crippen LogP) is 5.09. The van der Waals surface area contributed by atoms with E-state index in [4.69, 9.17) is 4.74 Å². The topological polar surface area (TPSA) is 79.8 Å². The largest absolute Gasteiger partial charge is 0.376 e. The first-order valence-electron chi connectivity index (χ1n) is 11.5. The molecular weight excluding hydrogens is 501 g/mol. The quantitative estimate of drug-likeness (QED) is 0.336. The molecule has 1 fully saturated rings. The average Bonchev–Trinajstić information content (AvgIpc) is 3.56. The maximum atomic E-state index is 13.7. The first kappa shape index (κ1) is 24.4. The summed E-state index contributed by atoms with van der Waals surface area (Å²) in [4.78, 5) is 19.8. The van der Waals surface area contributed by atoms with Crippen molar-refractivity contribution >= 4 is 48.3 Å². The van der Waals surface area contributed by atoms with Crippen molar-refractivity contribution in [3.05, 3.63) is 84.2 Å². The fourth-order valence-corrected chi connectivity index (χ4v) is 6.30. The molecule has 3 aromatic carbocycles. The van der Waals surface area contributed by atoms with Gasteiger partial charge in [-0.1, -0.05) is 29.5 Å². The van der Waals surface area contributed by atoms with Crippen molar-refractivity contribution in [1.82, 2.24) is 4.98 Å². The lowest BCUT2D eigenvalue weighted by Gasteiger charge is -2.23. The number of para-hydroxylation sites is 1. The Morgan fingerprint density at radius 1 is 1.11 bits per heavy atom. The summed E-state index contributed by atoms with van der Waals surface area (Å²) in [7, 11) is -2.32. The monoisotopic (exact) mass is 525 g/mol. The van der Waals surface area contributed by atoms with Gasteiger partial charge in [-0.15, -0.1) is 0 Å². The number of anilines is 2. The van der Waals surface area contributed by atoms with E-state index >= 15 is 0 Å². The van der Waals surface area contributed by atoms with Gasteiger partial charge in [0.2, 0.25) is 0 Å². The van der Waals surface area contributed by atoms with Gasteiger partial charge in [0.1, 0.15) is 5.82 Å². The summed E-state index contributed by atoms with van der Waals surface area (Å²) >= 11 is 1.23. The second-order valence-electron chi connectivity index (χ2n) is 8.49. The van der Waals surface area contributed by atoms with Crippen LogP contribution in [0.25, 0.3) is 10.2 Å². The summed E-state index contributed by atoms with van der Waals surface area (Å²) in [5, 5.41) is 0.441. The third kappa shape index (κ3) is 4.84. The van der Waals surface area contributed by atoms with E-state index in [0.29, 0.717) is 39.8 Å². The summed E-state index contributed by atoms with van der Waals surface area (Å²) in [6.07, 6.45) is 1.61. The van der Waals surface area contributed by atoms with Crippen molar-refractivity contribution in [3.63, 3.8) is 0 Å². The molecule has 2 heterocycles. The van der Waals surface area contributed by atoms with Crippen LogP contribution >= 0.6 is 11.3 Å². The van der Waals surface area contributed by atoms with Crippen molar-refractivity contribution in [2.45, 2.75) is 23.8 Å². The van der Waals surface area contributed by atoms with Gasteiger partial charge >= 0.3 is 0 Å². The zero-order valence-corrected chi connectivity index (χ0v) is 21.1. The Kier molecular flexibility index (Phi) is 6.74. The number of carbonyl (C=O) groups excluding carboxylic acids is 1. The molecule has 0 aliphatic carbocycles. The van der Waals surface area contributed by atoms with E-state index in [1.54, 1.807) is 30.3 Å². The van der Waals surface area contributed by atoms with Crippen LogP contribution in [-0.2, 0) is 14.8 Å². The normalized spacial score (nSPS) is 15.8. The van der Waals surface area contributed by atoms with Crippen molar-refractivity contribution < 1.29 is 22.3 Å². The van der Waals surface area contributed by atoms with E-state index in [1.807, 2.05) is 6.07 Å². The van der Waals surface area contributed by atoms with Crippen molar-refractivity contribution in [1.29, 1.82) is 0 Å². The highest BCUT2D eigenvalue weighted by Crippen LogP contribution is 2.32. The SMILES string of the molecule is CN(c1ccccc1)S(=O)(=O)c1ccc(C(=O)N(CC2CCCO2)c2nc3ccc(F)cc3s2)cc1. The maximum absolute atomic E-state index is 13.7. The molecule has 1 saturated heterocycles. The Bertz CT molecular complexity index is 1480. The number of rotatable bonds is 7. The summed E-state index contributed by atoms with van der Waals surface area (Å²) in [6.45, 7) is 0.942. The molecule has 186 valence electrons. The molecule has 0 bridgehead atoms. The van der Waals surface area contributed by atoms with Crippen molar-refractivity contribution in [3.8, 4) is 0 Å². The molecule has 7 nitrogen and oxygen atoms in total. The molecule has 1 unspecified atom stereocenters. The van der Waals surface area contributed by atoms with Gasteiger partial charge in [0.05, 0.1) is 33.4 Å². The molecule has 4 aromatic rings. The summed E-state index contributed by atoms with van der Waals surface area (Å²) < 4.78 is 47.5. The third-order valence-electron chi connectivity index (χ3n) is 6.10. The lowest BCUT2D eigenvalue weighted by Crippen LogP contribution is -2.37. The zero-order chi connectivity index (χ0) is 25.3. The molecular formula is C26H24FN3O4S2. The minimum atomic E-state index is -3.80. The van der Waals surface area contributed by atoms with Crippen LogP contribution in [-0.4, -0.2) is 45.6 Å². The number of fused-ring (bicyclic) bond motifs is 1. The van der Waals surface area contributed by atoms with Gasteiger partial charge < -0.3 is 4.74 Å². The van der Waals surface area contributed by atoms with E-state index in [2.05, 4.69) is 4.98 Å². The van der Waals surface area contributed by atoms with Gasteiger partial charge in [-0.05, 0) is 67.4 Å². The maximum Gasteiger partial charge on any atom is 0.264 e. The first-order valence-corrected chi connectivity index (χ1v) is 13.7. The van der Waals surface area contributed by atoms with Gasteiger partial charge in [0.15, 0.2) is 5.13 Å². The molecule has 1 aromatic heterocycles. The van der Waals surface area contributed by atoms with Crippen LogP contribution in [0, 0.1) is 5.82 Å². The number of sulfonamides is 1. The zero-order valence-electron chi connectivity index (χ0n) is 19.5. The molecule has 0 saturated carbocycles. The number of amides is 1. The van der Waals surface area contributed by atoms with E-state index in [-0.39, 0.29) is 22.7 Å². The second-order valence-corrected chi connectivity index (χ2v) is 11.5. The second kappa shape index (κ2) is 9.96. The van der Waals surface area contributed by atoms with Crippen LogP contribution in [0.3, 0.4) is 0 Å². The van der Waals surface area contributed by atoms with E-state index in [0.717, 1.165) is 12.8 Å². The van der Waals surface area contributed by atoms with Crippen LogP contribution in [0.1, 0.15) is 23.2 Å². The number of hydrogen-bond acceptors (Lipinski definition) is 6. The Hall–Kier alpha value is -3.34. The minimum Gasteiger partial charge on any atom is -0.376 e. The van der Waals surface area contributed by atoms with Gasteiger partial charge in [0.25, 0.3) is 15.9 Å². The minimum absolute atomic E-state index is 0.0755. The molecule has 1 aliphatic rings. The Balaban J connectivity index is 1.44. The van der Waals surface area contributed by atoms with Crippen LogP contribution in [0.15, 0.2) is 77.7 Å². The van der Waals surface area contributed by atoms with Gasteiger partial charge in [-0.3, -0.25) is 14.0 Å². The molecule has 10 heteroatoms. The van der Waals surface area contributed by atoms with Crippen LogP contribution < -0.4 is 9.21 Å². The third-order valence-corrected chi connectivity index (χ3v) is 8.95. The fourth-order valence-electron chi connectivity index (χ4n) is 4.10. The predicted molar refractivity (Wildman–Crippen MR) is 139 cm³/mol. The number of benzene rings is 3. The average molecular weight is 526 g/mol. The Labute approximate surface area is 212 Å². The van der Waals surface area contributed by atoms with E-state index < -0.39 is 10.0 Å². The van der Waals surface area contributed by atoms with E-state index in [1.165, 1.54) is 64.0 Å². The molecule has 36 heavy (non-hydrogen) atoms. The standard InChI is InChI=1S/C26H24FN3O4S2/c1-29(20-6-3-2-4-7-20)36(32,33)22-12-9-18(10-13-22)25(31)30(17-21-8-5-15-34-21)26-28-23-14-11-19(27)16-24(23)35-26/h2-4,6-7,9-14,16,21H,5,8,15,17H2,1H3. The lowest BCUT2D eigenvalue weighted by molar-refractivity contribution is 0.0917. The smallest absolute Gasteiger partial charge is 0.264 e. The highest BCUT2D eigenvalue weighted by molar-refractivity contribution is 7.92. The number of aromatic nitrogens is 1. The molecule has 0 radical (unpaired) electrons. The van der Waals surface area contributed by atoms with Crippen molar-refractivity contribution in [2.75, 3.05) is 29.4 Å². The lowest BCUT2D eigenvalue weighted by atomic mass is 10.2. The van der Waals surface area contributed by atoms with Crippen LogP contribution in [0.2, 0.25) is 0 Å². The molecule has 0 N–H and O–H groups in total. The van der Waals surface area contributed by atoms with Gasteiger partial charge in [-0.25, -0.2) is 17.8 Å². The molecule has 1 atom stereocenters. The molecule has 0 spiro atoms. The van der Waals surface area contributed by atoms with Gasteiger partial charge in [-0.2, -0.15) is 0 Å². The number of ether oxygens (including phenoxy) is 1. The van der Waals surface area contributed by atoms with Crippen LogP contribution in [0.4, 0.5) is 15.2 Å². The molecule has 1 aliphatic heterocycles. The number of thiazole rings is 1. The highest BCUT2D eigenvalue weighted by Gasteiger charge is 2.28. The number of hydrogen-bond donors (Lipinski definition) is 0. The van der Waals surface area contributed by atoms with Crippen LogP contribution in [0.5, 0.6) is 0 Å². The summed E-state index contributed by atoms with van der Waals surface area (Å²) in [5.74, 6) is -0.697. The highest BCUT2D eigenvalue weighted by atomic mass is 32.2. The summed E-state index contributed by atoms with van der Waals surface area (Å²) in [6, 6.07) is 19.0. The number of halogens is 1. The molecule has 5 rings (SSSR count). The van der Waals surface area contributed by atoms with E-state index in [9.17, 15) is 17.6 Å². The number of nitrogens with zero attached hydrogens (tertiary/aromatic N) is 3. The first-order chi connectivity index (χ1) is 17.3. The number of carbonyl (C=O) groups is 1. The van der Waals surface area contributed by atoms with Crippen molar-refractivity contribution in [2.24, 2.45) is 0 Å². The summed E-state index contributed by atoms with van der Waals surface area (Å²) in [5.41, 5.74) is 1.46. The Morgan fingerprint density at radius 3 is 2.56 bits per heavy atom. The Morgan fingerprint density at radius 2 is 1.86 bits per heavy atom. The van der Waals surface area contributed by atoms with Gasteiger partial charge in [0, 0.05) is 19.2 Å².